The molecule has 3 amide bonds. The molecule has 92 valence electrons. The molecule has 0 aromatic carbocycles. The van der Waals surface area contributed by atoms with Crippen LogP contribution in [0.2, 0.25) is 0 Å². The first kappa shape index (κ1) is 13.3. The third-order valence-corrected chi connectivity index (χ3v) is 4.10. The third kappa shape index (κ3) is 1.70. The van der Waals surface area contributed by atoms with Crippen LogP contribution < -0.4 is 0 Å². The summed E-state index contributed by atoms with van der Waals surface area (Å²) in [5.41, 5.74) is 0. The zero-order chi connectivity index (χ0) is 12.7. The lowest BCUT2D eigenvalue weighted by Gasteiger charge is -2.25. The lowest BCUT2D eigenvalue weighted by atomic mass is 10.1. The van der Waals surface area contributed by atoms with Gasteiger partial charge in [0.1, 0.15) is 6.54 Å². The molecule has 4 nitrogen and oxygen atoms in total. The maximum Gasteiger partial charge on any atom is 0.522 e. The van der Waals surface area contributed by atoms with Crippen LogP contribution in [-0.2, 0) is 4.79 Å². The zero-order valence-corrected chi connectivity index (χ0v) is 11.3. The minimum atomic E-state index is -0.235. The molecular weight excluding hydrogens is 204 g/mol. The van der Waals surface area contributed by atoms with Gasteiger partial charge in [0.2, 0.25) is 6.04 Å². The zero-order valence-electron chi connectivity index (χ0n) is 11.3. The molecule has 0 spiro atoms. The van der Waals surface area contributed by atoms with Crippen LogP contribution in [0.1, 0.15) is 27.2 Å². The number of imide groups is 1. The van der Waals surface area contributed by atoms with Crippen molar-refractivity contribution in [2.75, 3.05) is 27.7 Å². The Morgan fingerprint density at radius 3 is 2.06 bits per heavy atom. The molecule has 1 fully saturated rings. The first-order valence-corrected chi connectivity index (χ1v) is 5.96. The summed E-state index contributed by atoms with van der Waals surface area (Å²) in [5, 5.41) is 0. The van der Waals surface area contributed by atoms with Gasteiger partial charge in [-0.15, -0.1) is 4.48 Å². The maximum absolute atomic E-state index is 12.3. The van der Waals surface area contributed by atoms with Gasteiger partial charge < -0.3 is 0 Å². The van der Waals surface area contributed by atoms with Gasteiger partial charge in [-0.25, -0.2) is 4.79 Å². The smallest absolute Gasteiger partial charge is 0.223 e. The first-order valence-electron chi connectivity index (χ1n) is 5.96. The SMILES string of the molecule is CCC(C)C[N+]1(C)C(=O)C(C)[N+](C)(C)C1=O. The largest absolute Gasteiger partial charge is 0.522 e. The molecular formula is C12H24N2O2+2. The van der Waals surface area contributed by atoms with E-state index in [-0.39, 0.29) is 26.9 Å². The van der Waals surface area contributed by atoms with E-state index in [1.54, 1.807) is 7.05 Å². The third-order valence-electron chi connectivity index (χ3n) is 4.10. The van der Waals surface area contributed by atoms with Gasteiger partial charge in [0.25, 0.3) is 0 Å². The van der Waals surface area contributed by atoms with Crippen LogP contribution in [-0.4, -0.2) is 54.6 Å². The minimum Gasteiger partial charge on any atom is -0.223 e. The highest BCUT2D eigenvalue weighted by molar-refractivity contribution is 5.89. The molecule has 1 rings (SSSR count). The summed E-state index contributed by atoms with van der Waals surface area (Å²) in [6.45, 7) is 6.65. The predicted octanol–water partition coefficient (Wildman–Crippen LogP) is 1.60. The van der Waals surface area contributed by atoms with E-state index in [1.165, 1.54) is 0 Å². The minimum absolute atomic E-state index is 0.0119. The van der Waals surface area contributed by atoms with Crippen molar-refractivity contribution in [3.63, 3.8) is 0 Å². The van der Waals surface area contributed by atoms with E-state index in [0.29, 0.717) is 12.5 Å². The number of carbonyl (C=O) groups excluding carboxylic acids is 2. The molecule has 0 saturated carbocycles. The van der Waals surface area contributed by atoms with Crippen LogP contribution in [0.4, 0.5) is 4.79 Å². The van der Waals surface area contributed by atoms with Gasteiger partial charge in [-0.05, 0) is 6.42 Å². The van der Waals surface area contributed by atoms with Crippen LogP contribution in [0.5, 0.6) is 0 Å². The molecule has 0 radical (unpaired) electrons. The molecule has 0 aromatic rings. The summed E-state index contributed by atoms with van der Waals surface area (Å²) in [6.07, 6.45) is 0.996. The number of rotatable bonds is 3. The number of hydrogen-bond donors (Lipinski definition) is 0. The van der Waals surface area contributed by atoms with Crippen molar-refractivity contribution in [1.82, 2.24) is 0 Å². The molecule has 3 unspecified atom stereocenters. The average Bonchev–Trinajstić information content (AvgIpc) is 2.33. The van der Waals surface area contributed by atoms with Crippen LogP contribution >= 0.6 is 0 Å². The molecule has 3 atom stereocenters. The lowest BCUT2D eigenvalue weighted by molar-refractivity contribution is -0.877. The Kier molecular flexibility index (Phi) is 3.27. The molecule has 1 aliphatic heterocycles. The van der Waals surface area contributed by atoms with Crippen molar-refractivity contribution in [2.24, 2.45) is 5.92 Å². The normalized spacial score (nSPS) is 35.5. The van der Waals surface area contributed by atoms with Crippen molar-refractivity contribution in [2.45, 2.75) is 33.2 Å². The second-order valence-electron chi connectivity index (χ2n) is 5.72. The Morgan fingerprint density at radius 2 is 1.75 bits per heavy atom. The molecule has 4 heteroatoms. The van der Waals surface area contributed by atoms with Crippen LogP contribution in [0, 0.1) is 5.92 Å². The summed E-state index contributed by atoms with van der Waals surface area (Å²) in [7, 11) is 5.41. The number of quaternary nitrogens is 2. The Bertz CT molecular complexity index is 325. The topological polar surface area (TPSA) is 34.1 Å². The summed E-state index contributed by atoms with van der Waals surface area (Å²) < 4.78 is 0.134. The van der Waals surface area contributed by atoms with E-state index in [4.69, 9.17) is 0 Å². The van der Waals surface area contributed by atoms with Gasteiger partial charge in [-0.3, -0.25) is 0 Å². The maximum atomic E-state index is 12.3. The van der Waals surface area contributed by atoms with E-state index < -0.39 is 0 Å². The summed E-state index contributed by atoms with van der Waals surface area (Å²) in [5.74, 6) is 0.443. The highest BCUT2D eigenvalue weighted by Crippen LogP contribution is 2.29. The molecule has 0 aliphatic carbocycles. The molecule has 1 aliphatic rings. The van der Waals surface area contributed by atoms with Crippen molar-refractivity contribution in [3.8, 4) is 0 Å². The summed E-state index contributed by atoms with van der Waals surface area (Å²) >= 11 is 0. The van der Waals surface area contributed by atoms with Crippen molar-refractivity contribution in [1.29, 1.82) is 0 Å². The lowest BCUT2D eigenvalue weighted by Crippen LogP contribution is -2.55. The Labute approximate surface area is 98.0 Å². The number of amides is 3. The Hall–Kier alpha value is -0.740. The number of likely N-dealkylation sites (N-methyl/N-ethyl adjacent to an activating group) is 2. The van der Waals surface area contributed by atoms with E-state index in [9.17, 15) is 9.59 Å². The number of carbonyl (C=O) groups is 2. The molecule has 1 heterocycles. The van der Waals surface area contributed by atoms with Gasteiger partial charge in [-0.1, -0.05) is 13.8 Å². The predicted molar refractivity (Wildman–Crippen MR) is 62.5 cm³/mol. The van der Waals surface area contributed by atoms with Gasteiger partial charge >= 0.3 is 11.9 Å². The van der Waals surface area contributed by atoms with E-state index in [2.05, 4.69) is 13.8 Å². The van der Waals surface area contributed by atoms with E-state index in [0.717, 1.165) is 6.42 Å². The van der Waals surface area contributed by atoms with Gasteiger partial charge in [0, 0.05) is 12.8 Å². The molecule has 0 bridgehead atoms. The molecule has 16 heavy (non-hydrogen) atoms. The van der Waals surface area contributed by atoms with Gasteiger partial charge in [0.15, 0.2) is 0 Å². The summed E-state index contributed by atoms with van der Waals surface area (Å²) in [6, 6.07) is -0.223. The standard InChI is InChI=1S/C12H24N2O2/c1-7-9(2)8-14(6)11(15)10(3)13(4,5)12(14)16/h9-10H,7-8H2,1-6H3/q+2. The van der Waals surface area contributed by atoms with Crippen molar-refractivity contribution < 1.29 is 18.6 Å². The molecule has 1 saturated heterocycles. The molecule has 0 N–H and O–H groups in total. The number of hydrogen-bond acceptors (Lipinski definition) is 2. The van der Waals surface area contributed by atoms with Gasteiger partial charge in [-0.2, -0.15) is 9.28 Å². The number of urea groups is 1. The summed E-state index contributed by atoms with van der Waals surface area (Å²) in [4.78, 5) is 24.6. The fourth-order valence-corrected chi connectivity index (χ4v) is 2.44. The average molecular weight is 228 g/mol. The van der Waals surface area contributed by atoms with Crippen molar-refractivity contribution in [3.05, 3.63) is 0 Å². The Balaban J connectivity index is 3.06. The van der Waals surface area contributed by atoms with E-state index >= 15 is 0 Å². The highest BCUT2D eigenvalue weighted by atomic mass is 16.2. The first-order chi connectivity index (χ1) is 7.17. The van der Waals surface area contributed by atoms with Crippen molar-refractivity contribution >= 4 is 11.9 Å². The Morgan fingerprint density at radius 1 is 1.25 bits per heavy atom. The fourth-order valence-electron chi connectivity index (χ4n) is 2.44. The number of nitrogens with zero attached hydrogens (tertiary/aromatic N) is 2. The second-order valence-corrected chi connectivity index (χ2v) is 5.72. The van der Waals surface area contributed by atoms with E-state index in [1.807, 2.05) is 21.0 Å². The highest BCUT2D eigenvalue weighted by Gasteiger charge is 2.65. The fraction of sp³-hybridized carbons (Fsp3) is 0.833. The van der Waals surface area contributed by atoms with Crippen LogP contribution in [0.15, 0.2) is 0 Å². The quantitative estimate of drug-likeness (QED) is 0.543. The second kappa shape index (κ2) is 3.93. The van der Waals surface area contributed by atoms with Crippen LogP contribution in [0.3, 0.4) is 0 Å². The van der Waals surface area contributed by atoms with Gasteiger partial charge in [0.05, 0.1) is 21.1 Å². The monoisotopic (exact) mass is 228 g/mol. The van der Waals surface area contributed by atoms with Crippen LogP contribution in [0.25, 0.3) is 0 Å². The molecule has 0 aromatic heterocycles.